The van der Waals surface area contributed by atoms with Gasteiger partial charge in [-0.25, -0.2) is 19.2 Å². The Hall–Kier alpha value is -4.22. The lowest BCUT2D eigenvalue weighted by molar-refractivity contribution is -0.137. The number of halogens is 4. The highest BCUT2D eigenvalue weighted by Crippen LogP contribution is 2.36. The Balaban J connectivity index is 1.69. The van der Waals surface area contributed by atoms with Crippen molar-refractivity contribution in [2.45, 2.75) is 71.3 Å². The maximum Gasteiger partial charge on any atom is 0.416 e. The maximum absolute atomic E-state index is 14.2. The van der Waals surface area contributed by atoms with Crippen LogP contribution < -0.4 is 10.2 Å². The predicted molar refractivity (Wildman–Crippen MR) is 156 cm³/mol. The molecule has 5 rings (SSSR count). The van der Waals surface area contributed by atoms with Gasteiger partial charge in [0.15, 0.2) is 11.5 Å². The molecule has 0 unspecified atom stereocenters. The lowest BCUT2D eigenvalue weighted by Crippen LogP contribution is -2.32. The average Bonchev–Trinajstić information content (AvgIpc) is 3.28. The standard InChI is InChI=1S/C31H34F4N6O2/c1-4-15-40(19(3)22-9-6-10-24(32)16-22)30-39-27-25(41(30)17-20-11-13-23(14-12-20)31(33,34)35)26(37-28(38-27)29(42)43)36-18(2)21-7-5-8-21/h6,9-14,16,18-19,21H,4-5,7-8,15,17H2,1-3H3,(H,42,43)(H,36,37,38)/t18-,19+/m1/s1. The van der Waals surface area contributed by atoms with E-state index in [1.54, 1.807) is 6.07 Å². The summed E-state index contributed by atoms with van der Waals surface area (Å²) >= 11 is 0. The van der Waals surface area contributed by atoms with Gasteiger partial charge < -0.3 is 19.9 Å². The van der Waals surface area contributed by atoms with Crippen molar-refractivity contribution in [1.29, 1.82) is 0 Å². The summed E-state index contributed by atoms with van der Waals surface area (Å²) < 4.78 is 55.9. The molecular weight excluding hydrogens is 564 g/mol. The van der Waals surface area contributed by atoms with Gasteiger partial charge in [-0.05, 0) is 74.4 Å². The van der Waals surface area contributed by atoms with Crippen molar-refractivity contribution in [3.63, 3.8) is 0 Å². The minimum atomic E-state index is -4.47. The number of benzene rings is 2. The van der Waals surface area contributed by atoms with E-state index in [2.05, 4.69) is 15.3 Å². The third kappa shape index (κ3) is 6.42. The highest BCUT2D eigenvalue weighted by molar-refractivity contribution is 5.91. The molecule has 1 aliphatic carbocycles. The lowest BCUT2D eigenvalue weighted by Gasteiger charge is -2.32. The summed E-state index contributed by atoms with van der Waals surface area (Å²) in [6.07, 6.45) is -0.561. The van der Waals surface area contributed by atoms with E-state index < -0.39 is 23.5 Å². The first-order chi connectivity index (χ1) is 20.5. The SMILES string of the molecule is CCCN(c1nc2nc(C(=O)O)nc(N[C@H](C)C3CCC3)c2n1Cc1ccc(C(F)(F)F)cc1)[C@@H](C)c1cccc(F)c1. The summed E-state index contributed by atoms with van der Waals surface area (Å²) in [7, 11) is 0. The average molecular weight is 599 g/mol. The van der Waals surface area contributed by atoms with Gasteiger partial charge >= 0.3 is 12.1 Å². The lowest BCUT2D eigenvalue weighted by atomic mass is 9.80. The number of nitrogens with zero attached hydrogens (tertiary/aromatic N) is 5. The predicted octanol–water partition coefficient (Wildman–Crippen LogP) is 7.31. The molecule has 1 saturated carbocycles. The number of carboxylic acids is 1. The molecular formula is C31H34F4N6O2. The monoisotopic (exact) mass is 598 g/mol. The number of rotatable bonds is 11. The second kappa shape index (κ2) is 12.2. The van der Waals surface area contributed by atoms with Gasteiger partial charge in [-0.2, -0.15) is 18.2 Å². The molecule has 2 N–H and O–H groups in total. The van der Waals surface area contributed by atoms with Gasteiger partial charge in [0.05, 0.1) is 18.2 Å². The van der Waals surface area contributed by atoms with Gasteiger partial charge in [0.25, 0.3) is 0 Å². The van der Waals surface area contributed by atoms with Crippen molar-refractivity contribution < 1.29 is 27.5 Å². The van der Waals surface area contributed by atoms with E-state index in [0.29, 0.717) is 47.3 Å². The number of hydrogen-bond donors (Lipinski definition) is 2. The number of anilines is 2. The molecule has 228 valence electrons. The highest BCUT2D eigenvalue weighted by atomic mass is 19.4. The Kier molecular flexibility index (Phi) is 8.57. The van der Waals surface area contributed by atoms with Gasteiger partial charge in [-0.15, -0.1) is 0 Å². The molecule has 0 saturated heterocycles. The minimum absolute atomic E-state index is 0.00988. The fraction of sp³-hybridized carbons (Fsp3) is 0.419. The van der Waals surface area contributed by atoms with Gasteiger partial charge in [0, 0.05) is 12.6 Å². The van der Waals surface area contributed by atoms with Crippen molar-refractivity contribution in [3.05, 3.63) is 76.9 Å². The van der Waals surface area contributed by atoms with E-state index >= 15 is 0 Å². The van der Waals surface area contributed by atoms with Crippen LogP contribution in [-0.2, 0) is 12.7 Å². The van der Waals surface area contributed by atoms with Gasteiger partial charge in [0.2, 0.25) is 11.8 Å². The first-order valence-corrected chi connectivity index (χ1v) is 14.4. The summed E-state index contributed by atoms with van der Waals surface area (Å²) in [5.41, 5.74) is 1.11. The van der Waals surface area contributed by atoms with E-state index in [-0.39, 0.29) is 30.1 Å². The molecule has 2 atom stereocenters. The highest BCUT2D eigenvalue weighted by Gasteiger charge is 2.31. The summed E-state index contributed by atoms with van der Waals surface area (Å²) in [5, 5.41) is 13.2. The van der Waals surface area contributed by atoms with Crippen molar-refractivity contribution in [1.82, 2.24) is 19.5 Å². The van der Waals surface area contributed by atoms with E-state index in [1.165, 1.54) is 24.3 Å². The number of hydrogen-bond acceptors (Lipinski definition) is 6. The zero-order chi connectivity index (χ0) is 30.9. The number of carbonyl (C=O) groups is 1. The number of carboxylic acid groups (broad SMARTS) is 1. The van der Waals surface area contributed by atoms with Gasteiger partial charge in [0.1, 0.15) is 11.3 Å². The minimum Gasteiger partial charge on any atom is -0.475 e. The zero-order valence-corrected chi connectivity index (χ0v) is 24.2. The number of aromatic carboxylic acids is 1. The summed E-state index contributed by atoms with van der Waals surface area (Å²) in [5.74, 6) is -0.992. The van der Waals surface area contributed by atoms with Crippen LogP contribution in [0, 0.1) is 11.7 Å². The summed E-state index contributed by atoms with van der Waals surface area (Å²) in [6, 6.07) is 10.8. The zero-order valence-electron chi connectivity index (χ0n) is 24.2. The van der Waals surface area contributed by atoms with Crippen molar-refractivity contribution >= 4 is 28.9 Å². The Labute approximate surface area is 246 Å². The Morgan fingerprint density at radius 1 is 1.12 bits per heavy atom. The largest absolute Gasteiger partial charge is 0.475 e. The first kappa shape index (κ1) is 30.2. The van der Waals surface area contributed by atoms with Crippen LogP contribution in [0.4, 0.5) is 29.3 Å². The smallest absolute Gasteiger partial charge is 0.416 e. The van der Waals surface area contributed by atoms with E-state index in [1.807, 2.05) is 36.3 Å². The van der Waals surface area contributed by atoms with Crippen LogP contribution in [0.1, 0.15) is 79.8 Å². The Morgan fingerprint density at radius 2 is 1.84 bits per heavy atom. The van der Waals surface area contributed by atoms with Crippen LogP contribution in [0.5, 0.6) is 0 Å². The third-order valence-corrected chi connectivity index (χ3v) is 8.14. The second-order valence-corrected chi connectivity index (χ2v) is 11.1. The molecule has 1 fully saturated rings. The number of aromatic nitrogens is 4. The van der Waals surface area contributed by atoms with Crippen LogP contribution in [0.15, 0.2) is 48.5 Å². The molecule has 0 radical (unpaired) electrons. The molecule has 2 heterocycles. The van der Waals surface area contributed by atoms with Crippen molar-refractivity contribution in [2.75, 3.05) is 16.8 Å². The van der Waals surface area contributed by atoms with Crippen LogP contribution in [0.2, 0.25) is 0 Å². The number of fused-ring (bicyclic) bond motifs is 1. The molecule has 0 bridgehead atoms. The molecule has 0 aliphatic heterocycles. The van der Waals surface area contributed by atoms with Crippen LogP contribution in [0.25, 0.3) is 11.2 Å². The Bertz CT molecular complexity index is 1600. The van der Waals surface area contributed by atoms with Crippen LogP contribution in [0.3, 0.4) is 0 Å². The number of nitrogens with one attached hydrogen (secondary N) is 1. The summed E-state index contributed by atoms with van der Waals surface area (Å²) in [4.78, 5) is 27.4. The van der Waals surface area contributed by atoms with Crippen LogP contribution >= 0.6 is 0 Å². The second-order valence-electron chi connectivity index (χ2n) is 11.1. The number of alkyl halides is 3. The fourth-order valence-electron chi connectivity index (χ4n) is 5.50. The summed E-state index contributed by atoms with van der Waals surface area (Å²) in [6.45, 7) is 6.55. The number of imidazole rings is 1. The van der Waals surface area contributed by atoms with Crippen molar-refractivity contribution in [2.24, 2.45) is 5.92 Å². The first-order valence-electron chi connectivity index (χ1n) is 14.4. The third-order valence-electron chi connectivity index (χ3n) is 8.14. The van der Waals surface area contributed by atoms with Gasteiger partial charge in [-0.3, -0.25) is 0 Å². The fourth-order valence-corrected chi connectivity index (χ4v) is 5.50. The van der Waals surface area contributed by atoms with E-state index in [9.17, 15) is 27.5 Å². The molecule has 8 nitrogen and oxygen atoms in total. The van der Waals surface area contributed by atoms with Gasteiger partial charge in [-0.1, -0.05) is 37.6 Å². The molecule has 2 aromatic carbocycles. The topological polar surface area (TPSA) is 96.2 Å². The Morgan fingerprint density at radius 3 is 2.42 bits per heavy atom. The quantitative estimate of drug-likeness (QED) is 0.175. The molecule has 1 aliphatic rings. The molecule has 0 amide bonds. The maximum atomic E-state index is 14.2. The van der Waals surface area contributed by atoms with E-state index in [0.717, 1.165) is 31.4 Å². The molecule has 0 spiro atoms. The molecule has 2 aromatic heterocycles. The molecule has 12 heteroatoms. The molecule has 43 heavy (non-hydrogen) atoms. The normalized spacial score (nSPS) is 15.2. The molecule has 4 aromatic rings. The van der Waals surface area contributed by atoms with Crippen molar-refractivity contribution in [3.8, 4) is 0 Å². The van der Waals surface area contributed by atoms with Crippen LogP contribution in [-0.4, -0.2) is 43.2 Å². The van der Waals surface area contributed by atoms with E-state index in [4.69, 9.17) is 4.98 Å².